The van der Waals surface area contributed by atoms with Crippen LogP contribution in [0.2, 0.25) is 5.02 Å². The number of para-hydroxylation sites is 2. The van der Waals surface area contributed by atoms with Crippen molar-refractivity contribution in [3.63, 3.8) is 0 Å². The third-order valence-electron chi connectivity index (χ3n) is 3.47. The van der Waals surface area contributed by atoms with Gasteiger partial charge in [-0.3, -0.25) is 4.98 Å². The van der Waals surface area contributed by atoms with Crippen molar-refractivity contribution >= 4 is 45.3 Å². The first-order chi connectivity index (χ1) is 12.2. The molecule has 25 heavy (non-hydrogen) atoms. The van der Waals surface area contributed by atoms with Gasteiger partial charge in [-0.1, -0.05) is 40.5 Å². The molecule has 0 fully saturated rings. The maximum absolute atomic E-state index is 6.29. The number of benzene rings is 2. The molecule has 0 spiro atoms. The zero-order valence-corrected chi connectivity index (χ0v) is 14.2. The number of rotatable bonds is 3. The molecule has 2 heterocycles. The van der Waals surface area contributed by atoms with Crippen molar-refractivity contribution in [1.82, 2.24) is 20.1 Å². The van der Waals surface area contributed by atoms with Crippen molar-refractivity contribution in [1.29, 1.82) is 0 Å². The van der Waals surface area contributed by atoms with Gasteiger partial charge in [0.1, 0.15) is 5.03 Å². The molecule has 0 amide bonds. The minimum atomic E-state index is 0.210. The lowest BCUT2D eigenvalue weighted by molar-refractivity contribution is 0.410. The van der Waals surface area contributed by atoms with E-state index in [0.717, 1.165) is 16.6 Å². The summed E-state index contributed by atoms with van der Waals surface area (Å²) in [6.07, 6.45) is 3.28. The Morgan fingerprint density at radius 2 is 1.72 bits per heavy atom. The van der Waals surface area contributed by atoms with E-state index in [9.17, 15) is 0 Å². The van der Waals surface area contributed by atoms with E-state index >= 15 is 0 Å². The molecule has 0 radical (unpaired) electrons. The fourth-order valence-electron chi connectivity index (χ4n) is 2.27. The van der Waals surface area contributed by atoms with Gasteiger partial charge in [-0.2, -0.15) is 4.98 Å². The summed E-state index contributed by atoms with van der Waals surface area (Å²) in [5.41, 5.74) is 3.00. The largest absolute Gasteiger partial charge is 0.333 e. The van der Waals surface area contributed by atoms with Gasteiger partial charge in [0.25, 0.3) is 5.89 Å². The van der Waals surface area contributed by atoms with E-state index in [4.69, 9.17) is 27.7 Å². The van der Waals surface area contributed by atoms with Gasteiger partial charge < -0.3 is 4.52 Å². The van der Waals surface area contributed by atoms with Crippen molar-refractivity contribution in [3.05, 3.63) is 71.3 Å². The maximum Gasteiger partial charge on any atom is 0.269 e. The molecule has 0 unspecified atom stereocenters. The molecule has 0 aliphatic heterocycles. The number of halogens is 2. The summed E-state index contributed by atoms with van der Waals surface area (Å²) in [6.45, 7) is 0. The van der Waals surface area contributed by atoms with Crippen LogP contribution in [0.5, 0.6) is 0 Å². The highest BCUT2D eigenvalue weighted by Crippen LogP contribution is 2.24. The quantitative estimate of drug-likeness (QED) is 0.504. The third-order valence-corrected chi connectivity index (χ3v) is 4.00. The summed E-state index contributed by atoms with van der Waals surface area (Å²) in [5, 5.41) is 4.87. The van der Waals surface area contributed by atoms with Gasteiger partial charge in [-0.25, -0.2) is 4.98 Å². The van der Waals surface area contributed by atoms with Crippen molar-refractivity contribution in [3.8, 4) is 11.4 Å². The van der Waals surface area contributed by atoms with Crippen LogP contribution in [0.25, 0.3) is 33.5 Å². The summed E-state index contributed by atoms with van der Waals surface area (Å²) < 4.78 is 5.23. The molecule has 4 aromatic rings. The Labute approximate surface area is 152 Å². The second-order valence-corrected chi connectivity index (χ2v) is 6.05. The zero-order valence-electron chi connectivity index (χ0n) is 12.7. The number of aromatic nitrogens is 4. The minimum Gasteiger partial charge on any atom is -0.333 e. The molecular formula is C18H10Cl2N4O. The van der Waals surface area contributed by atoms with E-state index in [1.54, 1.807) is 24.4 Å². The summed E-state index contributed by atoms with van der Waals surface area (Å²) in [6, 6.07) is 14.7. The Morgan fingerprint density at radius 3 is 2.52 bits per heavy atom. The highest BCUT2D eigenvalue weighted by atomic mass is 35.5. The van der Waals surface area contributed by atoms with Crippen molar-refractivity contribution in [2.45, 2.75) is 0 Å². The molecule has 0 aliphatic rings. The smallest absolute Gasteiger partial charge is 0.269 e. The normalized spacial score (nSPS) is 11.8. The lowest BCUT2D eigenvalue weighted by atomic mass is 10.2. The highest BCUT2D eigenvalue weighted by molar-refractivity contribution is 6.50. The average Bonchev–Trinajstić information content (AvgIpc) is 3.12. The predicted octanol–water partition coefficient (Wildman–Crippen LogP) is 5.07. The van der Waals surface area contributed by atoms with Gasteiger partial charge in [-0.15, -0.1) is 0 Å². The van der Waals surface area contributed by atoms with Crippen molar-refractivity contribution in [2.24, 2.45) is 0 Å². The standard InChI is InChI=1S/C18H10Cl2N4O/c19-12-7-5-11(6-8-12)17-23-18(25-24-17)14(20)9-13-10-21-15-3-1-2-4-16(15)22-13/h1-10H/b14-9-. The van der Waals surface area contributed by atoms with Crippen LogP contribution in [0.1, 0.15) is 11.6 Å². The number of hydrogen-bond acceptors (Lipinski definition) is 5. The molecule has 5 nitrogen and oxygen atoms in total. The van der Waals surface area contributed by atoms with E-state index in [0.29, 0.717) is 16.5 Å². The first kappa shape index (κ1) is 15.7. The average molecular weight is 369 g/mol. The molecule has 0 N–H and O–H groups in total. The topological polar surface area (TPSA) is 64.7 Å². The zero-order chi connectivity index (χ0) is 17.2. The Morgan fingerprint density at radius 1 is 0.960 bits per heavy atom. The predicted molar refractivity (Wildman–Crippen MR) is 98.0 cm³/mol. The van der Waals surface area contributed by atoms with E-state index in [1.165, 1.54) is 0 Å². The Hall–Kier alpha value is -2.76. The third kappa shape index (κ3) is 3.38. The maximum atomic E-state index is 6.29. The monoisotopic (exact) mass is 368 g/mol. The Kier molecular flexibility index (Phi) is 4.17. The first-order valence-corrected chi connectivity index (χ1v) is 8.14. The second-order valence-electron chi connectivity index (χ2n) is 5.21. The Bertz CT molecular complexity index is 1070. The van der Waals surface area contributed by atoms with Crippen LogP contribution in [0.15, 0.2) is 59.3 Å². The van der Waals surface area contributed by atoms with Crippen LogP contribution in [-0.4, -0.2) is 20.1 Å². The molecule has 7 heteroatoms. The molecule has 2 aromatic carbocycles. The van der Waals surface area contributed by atoms with Gasteiger partial charge in [0.2, 0.25) is 5.82 Å². The number of nitrogens with zero attached hydrogens (tertiary/aromatic N) is 4. The number of fused-ring (bicyclic) bond motifs is 1. The molecule has 0 bridgehead atoms. The van der Waals surface area contributed by atoms with E-state index < -0.39 is 0 Å². The lowest BCUT2D eigenvalue weighted by Gasteiger charge is -1.98. The van der Waals surface area contributed by atoms with Crippen molar-refractivity contribution in [2.75, 3.05) is 0 Å². The molecule has 122 valence electrons. The van der Waals surface area contributed by atoms with Gasteiger partial charge in [-0.05, 0) is 42.5 Å². The van der Waals surface area contributed by atoms with Gasteiger partial charge in [0.05, 0.1) is 22.9 Å². The summed E-state index contributed by atoms with van der Waals surface area (Å²) in [5.74, 6) is 0.643. The molecule has 0 saturated carbocycles. The molecule has 0 atom stereocenters. The van der Waals surface area contributed by atoms with Crippen LogP contribution in [-0.2, 0) is 0 Å². The van der Waals surface area contributed by atoms with Crippen LogP contribution < -0.4 is 0 Å². The van der Waals surface area contributed by atoms with E-state index in [1.807, 2.05) is 36.4 Å². The molecular weight excluding hydrogens is 359 g/mol. The van der Waals surface area contributed by atoms with Crippen LogP contribution >= 0.6 is 23.2 Å². The van der Waals surface area contributed by atoms with Crippen molar-refractivity contribution < 1.29 is 4.52 Å². The van der Waals surface area contributed by atoms with Gasteiger partial charge >= 0.3 is 0 Å². The van der Waals surface area contributed by atoms with E-state index in [-0.39, 0.29) is 10.9 Å². The fraction of sp³-hybridized carbons (Fsp3) is 0. The summed E-state index contributed by atoms with van der Waals surface area (Å²) in [4.78, 5) is 13.1. The number of hydrogen-bond donors (Lipinski definition) is 0. The van der Waals surface area contributed by atoms with Crippen LogP contribution in [0, 0.1) is 0 Å². The van der Waals surface area contributed by atoms with Crippen LogP contribution in [0.3, 0.4) is 0 Å². The second kappa shape index (κ2) is 6.63. The van der Waals surface area contributed by atoms with Gasteiger partial charge in [0, 0.05) is 10.6 Å². The molecule has 2 aromatic heterocycles. The molecule has 0 aliphatic carbocycles. The fourth-order valence-corrected chi connectivity index (χ4v) is 2.58. The molecule has 0 saturated heterocycles. The minimum absolute atomic E-state index is 0.210. The van der Waals surface area contributed by atoms with Crippen LogP contribution in [0.4, 0.5) is 0 Å². The SMILES string of the molecule is Cl/C(=C\c1cnc2ccccc2n1)c1nc(-c2ccc(Cl)cc2)no1. The molecule has 4 rings (SSSR count). The highest BCUT2D eigenvalue weighted by Gasteiger charge is 2.12. The first-order valence-electron chi connectivity index (χ1n) is 7.38. The van der Waals surface area contributed by atoms with Gasteiger partial charge in [0.15, 0.2) is 0 Å². The summed E-state index contributed by atoms with van der Waals surface area (Å²) >= 11 is 12.2. The Balaban J connectivity index is 1.64. The summed E-state index contributed by atoms with van der Waals surface area (Å²) in [7, 11) is 0. The van der Waals surface area contributed by atoms with E-state index in [2.05, 4.69) is 20.1 Å². The lowest BCUT2D eigenvalue weighted by Crippen LogP contribution is -1.87.